The minimum Gasteiger partial charge on any atom is -0.481 e. The molecule has 0 radical (unpaired) electrons. The van der Waals surface area contributed by atoms with Crippen molar-refractivity contribution in [3.63, 3.8) is 0 Å². The van der Waals surface area contributed by atoms with Crippen molar-refractivity contribution in [1.29, 1.82) is 0 Å². The molecule has 1 unspecified atom stereocenters. The molecule has 0 fully saturated rings. The monoisotopic (exact) mass is 294 g/mol. The minimum atomic E-state index is -0.604. The number of nitrogens with one attached hydrogen (secondary N) is 1. The maximum atomic E-state index is 12.1. The van der Waals surface area contributed by atoms with Gasteiger partial charge in [0.05, 0.1) is 0 Å². The van der Waals surface area contributed by atoms with Crippen LogP contribution < -0.4 is 10.1 Å². The van der Waals surface area contributed by atoms with Crippen molar-refractivity contribution in [1.82, 2.24) is 5.16 Å². The molecular weight excluding hydrogens is 280 g/mol. The Balaban J connectivity index is 2.00. The molecule has 0 saturated heterocycles. The summed E-state index contributed by atoms with van der Waals surface area (Å²) < 4.78 is 10.5. The second kappa shape index (κ2) is 6.43. The van der Waals surface area contributed by atoms with Gasteiger partial charge in [-0.25, -0.2) is 0 Å². The van der Waals surface area contributed by atoms with E-state index in [2.05, 4.69) is 10.5 Å². The molecule has 20 heavy (non-hydrogen) atoms. The summed E-state index contributed by atoms with van der Waals surface area (Å²) in [5, 5.41) is 6.98. The van der Waals surface area contributed by atoms with Gasteiger partial charge in [-0.1, -0.05) is 23.7 Å². The fraction of sp³-hybridized carbons (Fsp3) is 0.286. The van der Waals surface area contributed by atoms with Crippen LogP contribution in [0.3, 0.4) is 0 Å². The molecule has 1 heterocycles. The number of rotatable bonds is 5. The first-order chi connectivity index (χ1) is 9.58. The van der Waals surface area contributed by atoms with E-state index in [1.54, 1.807) is 37.3 Å². The molecule has 2 aromatic rings. The van der Waals surface area contributed by atoms with Crippen molar-refractivity contribution in [2.24, 2.45) is 0 Å². The summed E-state index contributed by atoms with van der Waals surface area (Å²) in [5.41, 5.74) is 0. The molecule has 1 aromatic heterocycles. The SMILES string of the molecule is CCC(Oc1ccc(Cl)cc1)C(=O)Nc1cc(C)on1. The predicted octanol–water partition coefficient (Wildman–Crippen LogP) is 3.43. The van der Waals surface area contributed by atoms with Crippen LogP contribution in [0.5, 0.6) is 5.75 Å². The predicted molar refractivity (Wildman–Crippen MR) is 76.0 cm³/mol. The lowest BCUT2D eigenvalue weighted by Gasteiger charge is -2.16. The normalized spacial score (nSPS) is 11.9. The summed E-state index contributed by atoms with van der Waals surface area (Å²) in [5.74, 6) is 1.33. The topological polar surface area (TPSA) is 64.4 Å². The van der Waals surface area contributed by atoms with E-state index < -0.39 is 6.10 Å². The zero-order valence-electron chi connectivity index (χ0n) is 11.2. The Kier molecular flexibility index (Phi) is 4.63. The third-order valence-corrected chi connectivity index (χ3v) is 2.89. The number of ether oxygens (including phenoxy) is 1. The Morgan fingerprint density at radius 2 is 2.15 bits per heavy atom. The second-order valence-electron chi connectivity index (χ2n) is 4.28. The van der Waals surface area contributed by atoms with Crippen molar-refractivity contribution >= 4 is 23.3 Å². The van der Waals surface area contributed by atoms with Crippen LogP contribution in [0.1, 0.15) is 19.1 Å². The van der Waals surface area contributed by atoms with Gasteiger partial charge in [0.2, 0.25) is 0 Å². The quantitative estimate of drug-likeness (QED) is 0.917. The molecule has 0 saturated carbocycles. The van der Waals surface area contributed by atoms with E-state index >= 15 is 0 Å². The highest BCUT2D eigenvalue weighted by atomic mass is 35.5. The van der Waals surface area contributed by atoms with Crippen molar-refractivity contribution in [2.75, 3.05) is 5.32 Å². The fourth-order valence-corrected chi connectivity index (χ4v) is 1.76. The average molecular weight is 295 g/mol. The first-order valence-corrected chi connectivity index (χ1v) is 6.62. The number of aryl methyl sites for hydroxylation is 1. The summed E-state index contributed by atoms with van der Waals surface area (Å²) in [6, 6.07) is 8.51. The Hall–Kier alpha value is -2.01. The first-order valence-electron chi connectivity index (χ1n) is 6.25. The van der Waals surface area contributed by atoms with Gasteiger partial charge in [0.15, 0.2) is 11.9 Å². The van der Waals surface area contributed by atoms with Gasteiger partial charge in [0.25, 0.3) is 5.91 Å². The number of amides is 1. The van der Waals surface area contributed by atoms with E-state index in [9.17, 15) is 4.79 Å². The van der Waals surface area contributed by atoms with Crippen molar-refractivity contribution < 1.29 is 14.1 Å². The highest BCUT2D eigenvalue weighted by Gasteiger charge is 2.19. The van der Waals surface area contributed by atoms with Crippen LogP contribution in [-0.4, -0.2) is 17.2 Å². The highest BCUT2D eigenvalue weighted by molar-refractivity contribution is 6.30. The van der Waals surface area contributed by atoms with E-state index in [1.165, 1.54) is 0 Å². The molecule has 2 rings (SSSR count). The maximum Gasteiger partial charge on any atom is 0.266 e. The van der Waals surface area contributed by atoms with Crippen LogP contribution in [0.15, 0.2) is 34.9 Å². The smallest absolute Gasteiger partial charge is 0.266 e. The number of hydrogen-bond donors (Lipinski definition) is 1. The lowest BCUT2D eigenvalue weighted by Crippen LogP contribution is -2.32. The van der Waals surface area contributed by atoms with E-state index in [4.69, 9.17) is 20.9 Å². The van der Waals surface area contributed by atoms with Crippen LogP contribution in [0.4, 0.5) is 5.82 Å². The van der Waals surface area contributed by atoms with Crippen LogP contribution >= 0.6 is 11.6 Å². The molecule has 5 nitrogen and oxygen atoms in total. The molecule has 6 heteroatoms. The van der Waals surface area contributed by atoms with E-state index in [0.29, 0.717) is 28.8 Å². The molecule has 0 aliphatic rings. The van der Waals surface area contributed by atoms with Gasteiger partial charge in [-0.15, -0.1) is 0 Å². The molecule has 0 bridgehead atoms. The minimum absolute atomic E-state index is 0.268. The van der Waals surface area contributed by atoms with Gasteiger partial charge in [0.1, 0.15) is 11.5 Å². The standard InChI is InChI=1S/C14H15ClN2O3/c1-3-12(19-11-6-4-10(15)5-7-11)14(18)16-13-8-9(2)20-17-13/h4-8,12H,3H2,1-2H3,(H,16,17,18). The average Bonchev–Trinajstić information content (AvgIpc) is 2.83. The van der Waals surface area contributed by atoms with Gasteiger partial charge in [0, 0.05) is 11.1 Å². The maximum absolute atomic E-state index is 12.1. The zero-order valence-corrected chi connectivity index (χ0v) is 12.0. The van der Waals surface area contributed by atoms with Crippen LogP contribution in [0.2, 0.25) is 5.02 Å². The highest BCUT2D eigenvalue weighted by Crippen LogP contribution is 2.18. The number of benzene rings is 1. The van der Waals surface area contributed by atoms with Crippen LogP contribution in [-0.2, 0) is 4.79 Å². The third kappa shape index (κ3) is 3.74. The fourth-order valence-electron chi connectivity index (χ4n) is 1.63. The molecule has 106 valence electrons. The molecule has 0 spiro atoms. The summed E-state index contributed by atoms with van der Waals surface area (Å²) in [6.07, 6.45) is -0.0705. The molecule has 0 aliphatic carbocycles. The Labute approximate surface area is 121 Å². The van der Waals surface area contributed by atoms with Crippen molar-refractivity contribution in [2.45, 2.75) is 26.4 Å². The Morgan fingerprint density at radius 3 is 2.70 bits per heavy atom. The third-order valence-electron chi connectivity index (χ3n) is 2.63. The summed E-state index contributed by atoms with van der Waals surface area (Å²) in [4.78, 5) is 12.1. The van der Waals surface area contributed by atoms with E-state index in [-0.39, 0.29) is 5.91 Å². The number of nitrogens with zero attached hydrogens (tertiary/aromatic N) is 1. The number of anilines is 1. The van der Waals surface area contributed by atoms with Crippen molar-refractivity contribution in [3.05, 3.63) is 41.1 Å². The molecule has 0 aliphatic heterocycles. The molecular formula is C14H15ClN2O3. The first kappa shape index (κ1) is 14.4. The summed E-state index contributed by atoms with van der Waals surface area (Å²) in [6.45, 7) is 3.62. The van der Waals surface area contributed by atoms with Gasteiger partial charge in [-0.05, 0) is 37.6 Å². The van der Waals surface area contributed by atoms with E-state index in [0.717, 1.165) is 0 Å². The van der Waals surface area contributed by atoms with Gasteiger partial charge in [-0.2, -0.15) is 0 Å². The number of aromatic nitrogens is 1. The summed E-state index contributed by atoms with van der Waals surface area (Å²) >= 11 is 5.80. The lowest BCUT2D eigenvalue weighted by atomic mass is 10.2. The Morgan fingerprint density at radius 1 is 1.45 bits per heavy atom. The van der Waals surface area contributed by atoms with Crippen LogP contribution in [0, 0.1) is 6.92 Å². The number of hydrogen-bond acceptors (Lipinski definition) is 4. The largest absolute Gasteiger partial charge is 0.481 e. The Bertz CT molecular complexity index is 580. The van der Waals surface area contributed by atoms with Gasteiger partial charge < -0.3 is 14.6 Å². The van der Waals surface area contributed by atoms with Crippen LogP contribution in [0.25, 0.3) is 0 Å². The van der Waals surface area contributed by atoms with E-state index in [1.807, 2.05) is 6.92 Å². The van der Waals surface area contributed by atoms with Crippen molar-refractivity contribution in [3.8, 4) is 5.75 Å². The zero-order chi connectivity index (χ0) is 14.5. The molecule has 1 atom stereocenters. The molecule has 1 amide bonds. The number of carbonyl (C=O) groups excluding carboxylic acids is 1. The number of halogens is 1. The van der Waals surface area contributed by atoms with Gasteiger partial charge in [-0.3, -0.25) is 4.79 Å². The molecule has 1 N–H and O–H groups in total. The molecule has 1 aromatic carbocycles. The second-order valence-corrected chi connectivity index (χ2v) is 4.72. The number of carbonyl (C=O) groups is 1. The lowest BCUT2D eigenvalue weighted by molar-refractivity contribution is -0.122. The summed E-state index contributed by atoms with van der Waals surface area (Å²) in [7, 11) is 0. The van der Waals surface area contributed by atoms with Gasteiger partial charge >= 0.3 is 0 Å².